The SMILES string of the molecule is COC(=O)c1cnc(CSc2cccc(F)c2)s1. The number of benzene rings is 1. The highest BCUT2D eigenvalue weighted by molar-refractivity contribution is 7.98. The lowest BCUT2D eigenvalue weighted by atomic mass is 10.4. The van der Waals surface area contributed by atoms with Crippen LogP contribution in [0.4, 0.5) is 4.39 Å². The van der Waals surface area contributed by atoms with Gasteiger partial charge in [0.05, 0.1) is 19.1 Å². The van der Waals surface area contributed by atoms with Crippen molar-refractivity contribution >= 4 is 29.1 Å². The van der Waals surface area contributed by atoms with E-state index in [0.29, 0.717) is 10.6 Å². The normalized spacial score (nSPS) is 10.3. The largest absolute Gasteiger partial charge is 0.465 e. The second-order valence-corrected chi connectivity index (χ2v) is 5.52. The maximum Gasteiger partial charge on any atom is 0.349 e. The van der Waals surface area contributed by atoms with Crippen LogP contribution in [0, 0.1) is 5.82 Å². The molecule has 1 aromatic carbocycles. The molecule has 0 unspecified atom stereocenters. The molecule has 0 saturated heterocycles. The minimum atomic E-state index is -0.380. The van der Waals surface area contributed by atoms with E-state index >= 15 is 0 Å². The van der Waals surface area contributed by atoms with Crippen molar-refractivity contribution in [2.45, 2.75) is 10.6 Å². The molecule has 0 N–H and O–H groups in total. The number of nitrogens with zero attached hydrogens (tertiary/aromatic N) is 1. The molecule has 6 heteroatoms. The van der Waals surface area contributed by atoms with Crippen LogP contribution in [0.2, 0.25) is 0 Å². The molecule has 1 aromatic heterocycles. The molecule has 0 bridgehead atoms. The van der Waals surface area contributed by atoms with Gasteiger partial charge in [-0.15, -0.1) is 23.1 Å². The van der Waals surface area contributed by atoms with Gasteiger partial charge in [0, 0.05) is 4.90 Å². The molecular formula is C12H10FNO2S2. The smallest absolute Gasteiger partial charge is 0.349 e. The van der Waals surface area contributed by atoms with Crippen molar-refractivity contribution < 1.29 is 13.9 Å². The Morgan fingerprint density at radius 1 is 1.56 bits per heavy atom. The molecule has 0 fully saturated rings. The van der Waals surface area contributed by atoms with Crippen molar-refractivity contribution in [3.63, 3.8) is 0 Å². The van der Waals surface area contributed by atoms with Crippen molar-refractivity contribution in [2.75, 3.05) is 7.11 Å². The third-order valence-corrected chi connectivity index (χ3v) is 4.26. The Morgan fingerprint density at radius 2 is 2.39 bits per heavy atom. The summed E-state index contributed by atoms with van der Waals surface area (Å²) in [7, 11) is 1.34. The number of hydrogen-bond acceptors (Lipinski definition) is 5. The van der Waals surface area contributed by atoms with Gasteiger partial charge in [-0.2, -0.15) is 0 Å². The van der Waals surface area contributed by atoms with E-state index in [1.54, 1.807) is 6.07 Å². The van der Waals surface area contributed by atoms with Crippen LogP contribution in [0.5, 0.6) is 0 Å². The number of carbonyl (C=O) groups excluding carboxylic acids is 1. The van der Waals surface area contributed by atoms with Gasteiger partial charge < -0.3 is 4.74 Å². The lowest BCUT2D eigenvalue weighted by molar-refractivity contribution is 0.0606. The topological polar surface area (TPSA) is 39.2 Å². The summed E-state index contributed by atoms with van der Waals surface area (Å²) in [6, 6.07) is 6.38. The number of methoxy groups -OCH3 is 1. The predicted molar refractivity (Wildman–Crippen MR) is 69.4 cm³/mol. The molecule has 0 saturated carbocycles. The number of thiazole rings is 1. The van der Waals surface area contributed by atoms with Crippen LogP contribution in [0.1, 0.15) is 14.7 Å². The van der Waals surface area contributed by atoms with E-state index in [-0.39, 0.29) is 11.8 Å². The zero-order valence-corrected chi connectivity index (χ0v) is 11.2. The first-order chi connectivity index (χ1) is 8.69. The van der Waals surface area contributed by atoms with Gasteiger partial charge >= 0.3 is 5.97 Å². The highest BCUT2D eigenvalue weighted by Crippen LogP contribution is 2.25. The monoisotopic (exact) mass is 283 g/mol. The van der Waals surface area contributed by atoms with E-state index in [9.17, 15) is 9.18 Å². The Labute approximate surface area is 112 Å². The van der Waals surface area contributed by atoms with Crippen molar-refractivity contribution in [1.82, 2.24) is 4.98 Å². The van der Waals surface area contributed by atoms with Gasteiger partial charge in [0.15, 0.2) is 0 Å². The molecule has 2 rings (SSSR count). The van der Waals surface area contributed by atoms with Crippen LogP contribution >= 0.6 is 23.1 Å². The van der Waals surface area contributed by atoms with Gasteiger partial charge in [0.1, 0.15) is 15.7 Å². The third-order valence-electron chi connectivity index (χ3n) is 2.10. The Balaban J connectivity index is 1.98. The fourth-order valence-electron chi connectivity index (χ4n) is 1.27. The standard InChI is InChI=1S/C12H10FNO2S2/c1-16-12(15)10-6-14-11(18-10)7-17-9-4-2-3-8(13)5-9/h2-6H,7H2,1H3. The first-order valence-electron chi connectivity index (χ1n) is 5.10. The van der Waals surface area contributed by atoms with E-state index in [4.69, 9.17) is 0 Å². The number of rotatable bonds is 4. The van der Waals surface area contributed by atoms with Crippen molar-refractivity contribution in [3.05, 3.63) is 46.2 Å². The zero-order chi connectivity index (χ0) is 13.0. The first kappa shape index (κ1) is 13.0. The number of hydrogen-bond donors (Lipinski definition) is 0. The van der Waals surface area contributed by atoms with E-state index in [0.717, 1.165) is 9.90 Å². The summed E-state index contributed by atoms with van der Waals surface area (Å²) in [5.74, 6) is -0.0330. The molecule has 94 valence electrons. The van der Waals surface area contributed by atoms with Gasteiger partial charge in [-0.3, -0.25) is 0 Å². The quantitative estimate of drug-likeness (QED) is 0.637. The molecule has 0 aliphatic rings. The summed E-state index contributed by atoms with van der Waals surface area (Å²) < 4.78 is 17.6. The number of halogens is 1. The van der Waals surface area contributed by atoms with Crippen molar-refractivity contribution in [1.29, 1.82) is 0 Å². The minimum absolute atomic E-state index is 0.255. The summed E-state index contributed by atoms with van der Waals surface area (Å²) in [5, 5.41) is 0.810. The Kier molecular flexibility index (Phi) is 4.33. The Bertz CT molecular complexity index is 557. The van der Waals surface area contributed by atoms with Gasteiger partial charge in [-0.25, -0.2) is 14.2 Å². The molecule has 0 aliphatic carbocycles. The molecular weight excluding hydrogens is 273 g/mol. The van der Waals surface area contributed by atoms with Gasteiger partial charge in [-0.05, 0) is 18.2 Å². The van der Waals surface area contributed by atoms with E-state index in [2.05, 4.69) is 9.72 Å². The maximum atomic E-state index is 13.0. The van der Waals surface area contributed by atoms with Crippen LogP contribution in [-0.2, 0) is 10.5 Å². The second-order valence-electron chi connectivity index (χ2n) is 3.36. The average molecular weight is 283 g/mol. The molecule has 0 radical (unpaired) electrons. The molecule has 3 nitrogen and oxygen atoms in total. The highest BCUT2D eigenvalue weighted by Gasteiger charge is 2.10. The van der Waals surface area contributed by atoms with Gasteiger partial charge in [0.25, 0.3) is 0 Å². The van der Waals surface area contributed by atoms with E-state index in [1.165, 1.54) is 48.5 Å². The van der Waals surface area contributed by atoms with E-state index in [1.807, 2.05) is 6.07 Å². The number of thioether (sulfide) groups is 1. The lowest BCUT2D eigenvalue weighted by Crippen LogP contribution is -1.96. The molecule has 1 heterocycles. The Morgan fingerprint density at radius 3 is 3.11 bits per heavy atom. The highest BCUT2D eigenvalue weighted by atomic mass is 32.2. The summed E-state index contributed by atoms with van der Waals surface area (Å²) in [6.07, 6.45) is 1.50. The predicted octanol–water partition coefficient (Wildman–Crippen LogP) is 3.36. The third kappa shape index (κ3) is 3.30. The summed E-state index contributed by atoms with van der Waals surface area (Å²) >= 11 is 2.76. The molecule has 0 amide bonds. The lowest BCUT2D eigenvalue weighted by Gasteiger charge is -1.98. The molecule has 0 aliphatic heterocycles. The minimum Gasteiger partial charge on any atom is -0.465 e. The first-order valence-corrected chi connectivity index (χ1v) is 6.90. The molecule has 0 atom stereocenters. The number of aromatic nitrogens is 1. The van der Waals surface area contributed by atoms with Gasteiger partial charge in [0.2, 0.25) is 0 Å². The maximum absolute atomic E-state index is 13.0. The average Bonchev–Trinajstić information content (AvgIpc) is 2.84. The molecule has 18 heavy (non-hydrogen) atoms. The summed E-state index contributed by atoms with van der Waals surface area (Å²) in [6.45, 7) is 0. The van der Waals surface area contributed by atoms with Crippen molar-refractivity contribution in [3.8, 4) is 0 Å². The number of esters is 1. The molecule has 2 aromatic rings. The van der Waals surface area contributed by atoms with Crippen LogP contribution in [0.25, 0.3) is 0 Å². The van der Waals surface area contributed by atoms with Crippen LogP contribution < -0.4 is 0 Å². The fraction of sp³-hybridized carbons (Fsp3) is 0.167. The Hall–Kier alpha value is -1.40. The van der Waals surface area contributed by atoms with Crippen LogP contribution in [0.15, 0.2) is 35.4 Å². The second kappa shape index (κ2) is 5.97. The molecule has 0 spiro atoms. The summed E-state index contributed by atoms with van der Waals surface area (Å²) in [5.41, 5.74) is 0. The number of carbonyl (C=O) groups is 1. The van der Waals surface area contributed by atoms with Crippen LogP contribution in [0.3, 0.4) is 0 Å². The van der Waals surface area contributed by atoms with Crippen molar-refractivity contribution in [2.24, 2.45) is 0 Å². The number of ether oxygens (including phenoxy) is 1. The zero-order valence-electron chi connectivity index (χ0n) is 9.55. The fourth-order valence-corrected chi connectivity index (χ4v) is 3.05. The van der Waals surface area contributed by atoms with Gasteiger partial charge in [-0.1, -0.05) is 6.07 Å². The van der Waals surface area contributed by atoms with Crippen LogP contribution in [-0.4, -0.2) is 18.1 Å². The summed E-state index contributed by atoms with van der Waals surface area (Å²) in [4.78, 5) is 16.7. The van der Waals surface area contributed by atoms with E-state index < -0.39 is 0 Å².